The van der Waals surface area contributed by atoms with Gasteiger partial charge in [-0.25, -0.2) is 4.68 Å². The van der Waals surface area contributed by atoms with Gasteiger partial charge in [-0.3, -0.25) is 4.98 Å². The van der Waals surface area contributed by atoms with E-state index in [1.165, 1.54) is 0 Å². The van der Waals surface area contributed by atoms with Gasteiger partial charge in [0.25, 0.3) is 0 Å². The van der Waals surface area contributed by atoms with Crippen LogP contribution in [0.15, 0.2) is 24.4 Å². The van der Waals surface area contributed by atoms with Gasteiger partial charge in [-0.1, -0.05) is 11.3 Å². The minimum absolute atomic E-state index is 0.347. The van der Waals surface area contributed by atoms with Gasteiger partial charge in [0.15, 0.2) is 0 Å². The second kappa shape index (κ2) is 3.75. The van der Waals surface area contributed by atoms with E-state index in [9.17, 15) is 0 Å². The van der Waals surface area contributed by atoms with Crippen molar-refractivity contribution >= 4 is 11.6 Å². The maximum absolute atomic E-state index is 5.75. The van der Waals surface area contributed by atoms with Crippen molar-refractivity contribution in [1.29, 1.82) is 0 Å². The first-order chi connectivity index (χ1) is 6.83. The van der Waals surface area contributed by atoms with Gasteiger partial charge in [-0.2, -0.15) is 0 Å². The van der Waals surface area contributed by atoms with Gasteiger partial charge in [-0.05, 0) is 12.1 Å². The van der Waals surface area contributed by atoms with E-state index < -0.39 is 0 Å². The molecule has 0 spiro atoms. The molecule has 0 unspecified atom stereocenters. The summed E-state index contributed by atoms with van der Waals surface area (Å²) in [5.74, 6) is 0.347. The Labute approximate surface area is 86.5 Å². The van der Waals surface area contributed by atoms with Gasteiger partial charge in [0.2, 0.25) is 0 Å². The molecule has 0 atom stereocenters. The molecule has 0 fully saturated rings. The van der Waals surface area contributed by atoms with Crippen LogP contribution < -0.4 is 0 Å². The topological polar surface area (TPSA) is 43.6 Å². The van der Waals surface area contributed by atoms with Crippen LogP contribution in [0.5, 0.6) is 0 Å². The molecule has 0 aliphatic carbocycles. The Morgan fingerprint density at radius 1 is 1.43 bits per heavy atom. The summed E-state index contributed by atoms with van der Waals surface area (Å²) in [6.45, 7) is 0. The molecule has 0 aliphatic rings. The molecular weight excluding hydrogens is 200 g/mol. The fourth-order valence-corrected chi connectivity index (χ4v) is 1.49. The van der Waals surface area contributed by atoms with Crippen LogP contribution in [0.4, 0.5) is 0 Å². The highest BCUT2D eigenvalue weighted by Gasteiger charge is 2.11. The van der Waals surface area contributed by atoms with Crippen LogP contribution in [0.2, 0.25) is 0 Å². The number of aryl methyl sites for hydroxylation is 1. The van der Waals surface area contributed by atoms with Gasteiger partial charge in [0.1, 0.15) is 11.4 Å². The van der Waals surface area contributed by atoms with Crippen LogP contribution in [0.1, 0.15) is 5.69 Å². The minimum atomic E-state index is 0.347. The number of nitrogens with zero attached hydrogens (tertiary/aromatic N) is 4. The molecule has 2 aromatic heterocycles. The molecule has 0 saturated heterocycles. The largest absolute Gasteiger partial charge is 0.255 e. The molecule has 0 aliphatic heterocycles. The first-order valence-corrected chi connectivity index (χ1v) is 4.72. The van der Waals surface area contributed by atoms with E-state index in [-0.39, 0.29) is 0 Å². The molecule has 0 radical (unpaired) electrons. The number of hydrogen-bond acceptors (Lipinski definition) is 3. The summed E-state index contributed by atoms with van der Waals surface area (Å²) in [4.78, 5) is 4.23. The molecule has 72 valence electrons. The van der Waals surface area contributed by atoms with Crippen LogP contribution in [0.25, 0.3) is 11.4 Å². The lowest BCUT2D eigenvalue weighted by Gasteiger charge is -2.00. The number of halogens is 1. The zero-order valence-corrected chi connectivity index (χ0v) is 8.44. The molecule has 2 rings (SSSR count). The van der Waals surface area contributed by atoms with E-state index in [2.05, 4.69) is 15.3 Å². The van der Waals surface area contributed by atoms with Crippen molar-refractivity contribution in [2.75, 3.05) is 0 Å². The maximum atomic E-state index is 5.75. The Kier molecular flexibility index (Phi) is 2.45. The van der Waals surface area contributed by atoms with Crippen LogP contribution in [0.3, 0.4) is 0 Å². The van der Waals surface area contributed by atoms with Gasteiger partial charge in [-0.15, -0.1) is 16.7 Å². The van der Waals surface area contributed by atoms with E-state index in [4.69, 9.17) is 11.6 Å². The molecule has 0 bridgehead atoms. The predicted octanol–water partition coefficient (Wildman–Crippen LogP) is 1.62. The lowest BCUT2D eigenvalue weighted by Crippen LogP contribution is -1.96. The molecule has 5 heteroatoms. The third-order valence-corrected chi connectivity index (χ3v) is 2.18. The van der Waals surface area contributed by atoms with Gasteiger partial charge in [0, 0.05) is 13.2 Å². The lowest BCUT2D eigenvalue weighted by atomic mass is 10.2. The summed E-state index contributed by atoms with van der Waals surface area (Å²) >= 11 is 5.75. The first kappa shape index (κ1) is 9.15. The van der Waals surface area contributed by atoms with Crippen molar-refractivity contribution in [3.63, 3.8) is 0 Å². The van der Waals surface area contributed by atoms with Gasteiger partial charge < -0.3 is 0 Å². The van der Waals surface area contributed by atoms with Crippen molar-refractivity contribution < 1.29 is 0 Å². The number of aromatic nitrogens is 4. The Bertz CT molecular complexity index is 424. The second-order valence-electron chi connectivity index (χ2n) is 2.86. The summed E-state index contributed by atoms with van der Waals surface area (Å²) in [5, 5.41) is 7.86. The van der Waals surface area contributed by atoms with Crippen LogP contribution in [0, 0.1) is 0 Å². The quantitative estimate of drug-likeness (QED) is 0.705. The lowest BCUT2D eigenvalue weighted by molar-refractivity contribution is 0.718. The van der Waals surface area contributed by atoms with E-state index >= 15 is 0 Å². The first-order valence-electron chi connectivity index (χ1n) is 4.19. The normalized spacial score (nSPS) is 10.4. The fourth-order valence-electron chi connectivity index (χ4n) is 1.31. The van der Waals surface area contributed by atoms with Crippen LogP contribution >= 0.6 is 11.6 Å². The molecule has 0 saturated carbocycles. The highest BCUT2D eigenvalue weighted by atomic mass is 35.5. The Balaban J connectivity index is 2.55. The summed E-state index contributed by atoms with van der Waals surface area (Å²) in [5.41, 5.74) is 2.48. The highest BCUT2D eigenvalue weighted by molar-refractivity contribution is 6.17. The highest BCUT2D eigenvalue weighted by Crippen LogP contribution is 2.19. The van der Waals surface area contributed by atoms with E-state index in [1.54, 1.807) is 10.9 Å². The smallest absolute Gasteiger partial charge is 0.111 e. The molecule has 2 heterocycles. The molecule has 14 heavy (non-hydrogen) atoms. The Morgan fingerprint density at radius 2 is 2.29 bits per heavy atom. The number of alkyl halides is 1. The Hall–Kier alpha value is -1.42. The number of pyridine rings is 1. The fraction of sp³-hybridized carbons (Fsp3) is 0.222. The zero-order chi connectivity index (χ0) is 9.97. The average Bonchev–Trinajstić information content (AvgIpc) is 2.61. The summed E-state index contributed by atoms with van der Waals surface area (Å²) in [6, 6.07) is 5.70. The minimum Gasteiger partial charge on any atom is -0.255 e. The monoisotopic (exact) mass is 208 g/mol. The van der Waals surface area contributed by atoms with Gasteiger partial charge in [0.05, 0.1) is 11.6 Å². The summed E-state index contributed by atoms with van der Waals surface area (Å²) in [6.07, 6.45) is 1.74. The van der Waals surface area contributed by atoms with Gasteiger partial charge >= 0.3 is 0 Å². The van der Waals surface area contributed by atoms with E-state index in [0.29, 0.717) is 5.88 Å². The maximum Gasteiger partial charge on any atom is 0.111 e. The average molecular weight is 209 g/mol. The van der Waals surface area contributed by atoms with Crippen molar-refractivity contribution in [2.45, 2.75) is 5.88 Å². The standard InChI is InChI=1S/C9H9ClN4/c1-14-9(8(6-10)12-13-14)7-4-2-3-5-11-7/h2-5H,6H2,1H3. The third kappa shape index (κ3) is 1.48. The third-order valence-electron chi connectivity index (χ3n) is 1.93. The number of hydrogen-bond donors (Lipinski definition) is 0. The molecule has 4 nitrogen and oxygen atoms in total. The molecule has 2 aromatic rings. The van der Waals surface area contributed by atoms with Crippen molar-refractivity contribution in [3.8, 4) is 11.4 Å². The van der Waals surface area contributed by atoms with Crippen molar-refractivity contribution in [3.05, 3.63) is 30.1 Å². The molecule has 0 amide bonds. The zero-order valence-electron chi connectivity index (χ0n) is 7.68. The molecular formula is C9H9ClN4. The predicted molar refractivity (Wildman–Crippen MR) is 53.8 cm³/mol. The second-order valence-corrected chi connectivity index (χ2v) is 3.12. The SMILES string of the molecule is Cn1nnc(CCl)c1-c1ccccn1. The number of rotatable bonds is 2. The summed E-state index contributed by atoms with van der Waals surface area (Å²) < 4.78 is 1.68. The molecule has 0 aromatic carbocycles. The van der Waals surface area contributed by atoms with Crippen LogP contribution in [-0.2, 0) is 12.9 Å². The van der Waals surface area contributed by atoms with Crippen molar-refractivity contribution in [2.24, 2.45) is 7.05 Å². The van der Waals surface area contributed by atoms with E-state index in [0.717, 1.165) is 17.1 Å². The van der Waals surface area contributed by atoms with Crippen LogP contribution in [-0.4, -0.2) is 20.0 Å². The molecule has 0 N–H and O–H groups in total. The van der Waals surface area contributed by atoms with Crippen molar-refractivity contribution in [1.82, 2.24) is 20.0 Å². The Morgan fingerprint density at radius 3 is 2.93 bits per heavy atom. The van der Waals surface area contributed by atoms with E-state index in [1.807, 2.05) is 25.2 Å². The summed E-state index contributed by atoms with van der Waals surface area (Å²) in [7, 11) is 1.83.